The zero-order valence-electron chi connectivity index (χ0n) is 22.2. The molecule has 0 bridgehead atoms. The van der Waals surface area contributed by atoms with Gasteiger partial charge in [0.1, 0.15) is 17.8 Å². The molecule has 3 aromatic carbocycles. The van der Waals surface area contributed by atoms with Gasteiger partial charge in [0, 0.05) is 32.2 Å². The van der Waals surface area contributed by atoms with Crippen LogP contribution in [0, 0.1) is 10.1 Å². The SMILES string of the molecule is COc1cc(OC)c(Nc2ncnc(N3CCN(C(c4ccccc4)c4ccccc4)CC3)c2[N+](=O)[O-])cc1Cl. The molecular formula is C29H29ClN6O4. The van der Waals surface area contributed by atoms with Crippen LogP contribution in [-0.2, 0) is 0 Å². The second-order valence-electron chi connectivity index (χ2n) is 9.21. The minimum atomic E-state index is -0.460. The second-order valence-corrected chi connectivity index (χ2v) is 9.62. The van der Waals surface area contributed by atoms with Gasteiger partial charge in [-0.15, -0.1) is 0 Å². The highest BCUT2D eigenvalue weighted by atomic mass is 35.5. The lowest BCUT2D eigenvalue weighted by Gasteiger charge is -2.40. The lowest BCUT2D eigenvalue weighted by Crippen LogP contribution is -2.48. The van der Waals surface area contributed by atoms with E-state index in [0.29, 0.717) is 48.4 Å². The highest BCUT2D eigenvalue weighted by molar-refractivity contribution is 6.32. The van der Waals surface area contributed by atoms with Gasteiger partial charge >= 0.3 is 5.69 Å². The number of benzene rings is 3. The number of hydrogen-bond acceptors (Lipinski definition) is 9. The van der Waals surface area contributed by atoms with Crippen LogP contribution in [-0.4, -0.2) is 60.2 Å². The van der Waals surface area contributed by atoms with Crippen LogP contribution in [0.25, 0.3) is 0 Å². The first-order chi connectivity index (χ1) is 19.5. The van der Waals surface area contributed by atoms with Crippen LogP contribution >= 0.6 is 11.6 Å². The van der Waals surface area contributed by atoms with Crippen molar-refractivity contribution in [1.29, 1.82) is 0 Å². The van der Waals surface area contributed by atoms with E-state index in [1.807, 2.05) is 41.3 Å². The third kappa shape index (κ3) is 5.63. The second kappa shape index (κ2) is 12.2. The number of hydrogen-bond donors (Lipinski definition) is 1. The van der Waals surface area contributed by atoms with Crippen molar-refractivity contribution in [3.63, 3.8) is 0 Å². The van der Waals surface area contributed by atoms with Crippen molar-refractivity contribution in [2.24, 2.45) is 0 Å². The summed E-state index contributed by atoms with van der Waals surface area (Å²) >= 11 is 6.31. The summed E-state index contributed by atoms with van der Waals surface area (Å²) in [7, 11) is 2.99. The molecule has 5 rings (SSSR count). The molecule has 0 aliphatic carbocycles. The van der Waals surface area contributed by atoms with E-state index in [9.17, 15) is 10.1 Å². The zero-order valence-corrected chi connectivity index (χ0v) is 22.9. The van der Waals surface area contributed by atoms with E-state index in [1.165, 1.54) is 31.7 Å². The van der Waals surface area contributed by atoms with E-state index < -0.39 is 4.92 Å². The average Bonchev–Trinajstić information content (AvgIpc) is 2.99. The number of halogens is 1. The van der Waals surface area contributed by atoms with Crippen LogP contribution < -0.4 is 19.7 Å². The van der Waals surface area contributed by atoms with Crippen molar-refractivity contribution in [3.8, 4) is 11.5 Å². The van der Waals surface area contributed by atoms with Crippen LogP contribution in [0.1, 0.15) is 17.2 Å². The molecule has 0 amide bonds. The van der Waals surface area contributed by atoms with E-state index in [4.69, 9.17) is 21.1 Å². The molecule has 0 radical (unpaired) electrons. The smallest absolute Gasteiger partial charge is 0.353 e. The van der Waals surface area contributed by atoms with Gasteiger partial charge < -0.3 is 19.7 Å². The molecule has 2 heterocycles. The van der Waals surface area contributed by atoms with Gasteiger partial charge in [0.2, 0.25) is 11.6 Å². The molecule has 0 unspecified atom stereocenters. The van der Waals surface area contributed by atoms with Crippen LogP contribution in [0.15, 0.2) is 79.1 Å². The van der Waals surface area contributed by atoms with Crippen LogP contribution in [0.3, 0.4) is 0 Å². The topological polar surface area (TPSA) is 106 Å². The molecule has 0 saturated carbocycles. The van der Waals surface area contributed by atoms with Gasteiger partial charge in [0.15, 0.2) is 0 Å². The van der Waals surface area contributed by atoms with Gasteiger partial charge in [-0.1, -0.05) is 72.3 Å². The molecule has 1 aliphatic rings. The summed E-state index contributed by atoms with van der Waals surface area (Å²) in [5.74, 6) is 1.13. The molecule has 206 valence electrons. The summed E-state index contributed by atoms with van der Waals surface area (Å²) in [6.07, 6.45) is 1.32. The van der Waals surface area contributed by atoms with E-state index in [2.05, 4.69) is 44.5 Å². The first-order valence-electron chi connectivity index (χ1n) is 12.8. The third-order valence-electron chi connectivity index (χ3n) is 6.92. The monoisotopic (exact) mass is 560 g/mol. The largest absolute Gasteiger partial charge is 0.495 e. The van der Waals surface area contributed by atoms with E-state index >= 15 is 0 Å². The molecule has 11 heteroatoms. The van der Waals surface area contributed by atoms with Gasteiger partial charge in [-0.2, -0.15) is 0 Å². The Kier molecular flexibility index (Phi) is 8.28. The van der Waals surface area contributed by atoms with E-state index in [-0.39, 0.29) is 23.4 Å². The maximum absolute atomic E-state index is 12.3. The molecule has 0 spiro atoms. The van der Waals surface area contributed by atoms with Crippen molar-refractivity contribution in [3.05, 3.63) is 105 Å². The Hall–Kier alpha value is -4.41. The molecule has 1 aromatic heterocycles. The first kappa shape index (κ1) is 27.2. The number of nitro groups is 1. The summed E-state index contributed by atoms with van der Waals surface area (Å²) < 4.78 is 10.7. The number of ether oxygens (including phenoxy) is 2. The number of nitrogens with one attached hydrogen (secondary N) is 1. The highest BCUT2D eigenvalue weighted by Crippen LogP contribution is 2.40. The van der Waals surface area contributed by atoms with Gasteiger partial charge in [-0.25, -0.2) is 9.97 Å². The highest BCUT2D eigenvalue weighted by Gasteiger charge is 2.32. The Morgan fingerprint density at radius 3 is 2.05 bits per heavy atom. The van der Waals surface area contributed by atoms with Gasteiger partial charge in [0.05, 0.1) is 35.9 Å². The van der Waals surface area contributed by atoms with Gasteiger partial charge in [0.25, 0.3) is 0 Å². The molecule has 0 atom stereocenters. The maximum atomic E-state index is 12.3. The molecule has 10 nitrogen and oxygen atoms in total. The minimum Gasteiger partial charge on any atom is -0.495 e. The quantitative estimate of drug-likeness (QED) is 0.203. The maximum Gasteiger partial charge on any atom is 0.353 e. The summed E-state index contributed by atoms with van der Waals surface area (Å²) in [6.45, 7) is 2.51. The molecule has 1 aliphatic heterocycles. The first-order valence-corrected chi connectivity index (χ1v) is 13.1. The van der Waals surface area contributed by atoms with Crippen molar-refractivity contribution < 1.29 is 14.4 Å². The molecule has 4 aromatic rings. The van der Waals surface area contributed by atoms with Gasteiger partial charge in [-0.3, -0.25) is 15.0 Å². The van der Waals surface area contributed by atoms with Crippen molar-refractivity contribution in [2.75, 3.05) is 50.6 Å². The Morgan fingerprint density at radius 2 is 1.50 bits per heavy atom. The van der Waals surface area contributed by atoms with Crippen LogP contribution in [0.5, 0.6) is 11.5 Å². The normalized spacial score (nSPS) is 13.8. The minimum absolute atomic E-state index is 0.0448. The molecule has 1 N–H and O–H groups in total. The van der Waals surface area contributed by atoms with E-state index in [0.717, 1.165) is 0 Å². The number of anilines is 3. The van der Waals surface area contributed by atoms with Crippen molar-refractivity contribution in [1.82, 2.24) is 14.9 Å². The molecule has 1 fully saturated rings. The molecule has 40 heavy (non-hydrogen) atoms. The summed E-state index contributed by atoms with van der Waals surface area (Å²) in [5, 5.41) is 15.7. The van der Waals surface area contributed by atoms with Crippen LogP contribution in [0.2, 0.25) is 5.02 Å². The summed E-state index contributed by atoms with van der Waals surface area (Å²) in [6, 6.07) is 24.0. The third-order valence-corrected chi connectivity index (χ3v) is 7.22. The summed E-state index contributed by atoms with van der Waals surface area (Å²) in [4.78, 5) is 24.7. The fourth-order valence-electron chi connectivity index (χ4n) is 5.02. The number of piperazine rings is 1. The predicted molar refractivity (Wildman–Crippen MR) is 155 cm³/mol. The Bertz CT molecular complexity index is 1430. The number of rotatable bonds is 9. The Labute approximate surface area is 237 Å². The van der Waals surface area contributed by atoms with Crippen molar-refractivity contribution in [2.45, 2.75) is 6.04 Å². The number of aromatic nitrogens is 2. The Balaban J connectivity index is 1.41. The van der Waals surface area contributed by atoms with E-state index in [1.54, 1.807) is 12.1 Å². The fourth-order valence-corrected chi connectivity index (χ4v) is 5.26. The Morgan fingerprint density at radius 1 is 0.900 bits per heavy atom. The van der Waals surface area contributed by atoms with Crippen molar-refractivity contribution >= 4 is 34.6 Å². The van der Waals surface area contributed by atoms with Gasteiger partial charge in [-0.05, 0) is 17.2 Å². The standard InChI is InChI=1S/C29H29ClN6O4/c1-39-24-18-25(40-2)23(17-22(24)30)33-28-27(36(37)38)29(32-19-31-28)35-15-13-34(14-16-35)26(20-9-5-3-6-10-20)21-11-7-4-8-12-21/h3-12,17-19,26H,13-16H2,1-2H3,(H,31,32,33). The lowest BCUT2D eigenvalue weighted by molar-refractivity contribution is -0.383. The zero-order chi connectivity index (χ0) is 28.1. The number of nitrogens with zero attached hydrogens (tertiary/aromatic N) is 5. The van der Waals surface area contributed by atoms with Crippen LogP contribution in [0.4, 0.5) is 23.0 Å². The average molecular weight is 561 g/mol. The predicted octanol–water partition coefficient (Wildman–Crippen LogP) is 5.71. The molecule has 1 saturated heterocycles. The number of methoxy groups -OCH3 is 2. The summed E-state index contributed by atoms with van der Waals surface area (Å²) in [5.41, 5.74) is 2.61. The lowest BCUT2D eigenvalue weighted by atomic mass is 9.96. The fraction of sp³-hybridized carbons (Fsp3) is 0.241. The molecular weight excluding hydrogens is 532 g/mol.